The van der Waals surface area contributed by atoms with Crippen molar-refractivity contribution in [2.24, 2.45) is 0 Å². The molecule has 1 rings (SSSR count). The van der Waals surface area contributed by atoms with E-state index in [1.807, 2.05) is 0 Å². The highest BCUT2D eigenvalue weighted by molar-refractivity contribution is 5.67. The van der Waals surface area contributed by atoms with E-state index in [4.69, 9.17) is 10.8 Å². The molecule has 0 aliphatic carbocycles. The Balaban J connectivity index is 2.68. The van der Waals surface area contributed by atoms with Gasteiger partial charge in [-0.2, -0.15) is 0 Å². The molecule has 0 bridgehead atoms. The van der Waals surface area contributed by atoms with Crippen molar-refractivity contribution in [3.05, 3.63) is 28.3 Å². The van der Waals surface area contributed by atoms with Crippen molar-refractivity contribution in [3.63, 3.8) is 0 Å². The van der Waals surface area contributed by atoms with Gasteiger partial charge in [0.1, 0.15) is 5.69 Å². The second kappa shape index (κ2) is 5.92. The number of nitro benzene ring substituents is 1. The molecule has 0 atom stereocenters. The molecule has 0 unspecified atom stereocenters. The highest BCUT2D eigenvalue weighted by Gasteiger charge is 2.12. The maximum atomic E-state index is 10.7. The monoisotopic (exact) mass is 225 g/mol. The first kappa shape index (κ1) is 12.3. The van der Waals surface area contributed by atoms with Crippen LogP contribution in [0.25, 0.3) is 0 Å². The van der Waals surface area contributed by atoms with Crippen LogP contribution in [-0.2, 0) is 0 Å². The Morgan fingerprint density at radius 1 is 1.44 bits per heavy atom. The number of aliphatic hydroxyl groups is 1. The van der Waals surface area contributed by atoms with Gasteiger partial charge in [0.2, 0.25) is 0 Å². The molecular weight excluding hydrogens is 210 g/mol. The largest absolute Gasteiger partial charge is 0.399 e. The van der Waals surface area contributed by atoms with E-state index >= 15 is 0 Å². The van der Waals surface area contributed by atoms with E-state index in [-0.39, 0.29) is 12.3 Å². The van der Waals surface area contributed by atoms with E-state index in [0.717, 1.165) is 6.42 Å². The first-order valence-corrected chi connectivity index (χ1v) is 5.04. The third-order valence-corrected chi connectivity index (χ3v) is 2.12. The van der Waals surface area contributed by atoms with Crippen LogP contribution in [0.4, 0.5) is 17.1 Å². The van der Waals surface area contributed by atoms with Crippen molar-refractivity contribution >= 4 is 17.1 Å². The Bertz CT molecular complexity index is 368. The summed E-state index contributed by atoms with van der Waals surface area (Å²) < 4.78 is 0. The zero-order chi connectivity index (χ0) is 12.0. The molecule has 1 aromatic carbocycles. The Hall–Kier alpha value is -1.82. The molecular formula is C10H15N3O3. The number of anilines is 2. The number of nitrogens with two attached hydrogens (primary N) is 1. The number of nitrogens with zero attached hydrogens (tertiary/aromatic N) is 1. The lowest BCUT2D eigenvalue weighted by molar-refractivity contribution is -0.383. The zero-order valence-electron chi connectivity index (χ0n) is 8.85. The molecule has 0 saturated heterocycles. The Kier molecular flexibility index (Phi) is 4.53. The fourth-order valence-corrected chi connectivity index (χ4v) is 1.31. The average Bonchev–Trinajstić information content (AvgIpc) is 2.24. The summed E-state index contributed by atoms with van der Waals surface area (Å²) in [6, 6.07) is 4.41. The molecule has 0 amide bonds. The first-order valence-electron chi connectivity index (χ1n) is 5.04. The minimum absolute atomic E-state index is 0.0122. The van der Waals surface area contributed by atoms with Gasteiger partial charge in [-0.15, -0.1) is 0 Å². The van der Waals surface area contributed by atoms with Crippen molar-refractivity contribution < 1.29 is 10.0 Å². The lowest BCUT2D eigenvalue weighted by atomic mass is 10.2. The fourth-order valence-electron chi connectivity index (χ4n) is 1.31. The van der Waals surface area contributed by atoms with Crippen LogP contribution in [-0.4, -0.2) is 23.2 Å². The molecule has 0 saturated carbocycles. The lowest BCUT2D eigenvalue weighted by Crippen LogP contribution is -2.05. The summed E-state index contributed by atoms with van der Waals surface area (Å²) >= 11 is 0. The standard InChI is InChI=1S/C10H15N3O3/c11-8-3-4-10(13(15)16)9(7-8)12-5-1-2-6-14/h3-4,7,12,14H,1-2,5-6,11H2. The van der Waals surface area contributed by atoms with Crippen molar-refractivity contribution in [1.82, 2.24) is 0 Å². The molecule has 0 radical (unpaired) electrons. The number of hydrogen-bond donors (Lipinski definition) is 3. The number of unbranched alkanes of at least 4 members (excludes halogenated alkanes) is 1. The van der Waals surface area contributed by atoms with Gasteiger partial charge >= 0.3 is 0 Å². The molecule has 6 heteroatoms. The topological polar surface area (TPSA) is 101 Å². The van der Waals surface area contributed by atoms with E-state index in [1.165, 1.54) is 18.2 Å². The predicted octanol–water partition coefficient (Wildman–Crippen LogP) is 1.36. The van der Waals surface area contributed by atoms with Crippen LogP contribution in [0.5, 0.6) is 0 Å². The Morgan fingerprint density at radius 3 is 2.81 bits per heavy atom. The van der Waals surface area contributed by atoms with Crippen LogP contribution in [0.2, 0.25) is 0 Å². The Morgan fingerprint density at radius 2 is 2.19 bits per heavy atom. The number of nitrogens with one attached hydrogen (secondary N) is 1. The number of nitro groups is 1. The van der Waals surface area contributed by atoms with Crippen molar-refractivity contribution in [2.45, 2.75) is 12.8 Å². The summed E-state index contributed by atoms with van der Waals surface area (Å²) in [7, 11) is 0. The van der Waals surface area contributed by atoms with E-state index < -0.39 is 4.92 Å². The summed E-state index contributed by atoms with van der Waals surface area (Å²) in [5.74, 6) is 0. The van der Waals surface area contributed by atoms with Crippen LogP contribution in [0, 0.1) is 10.1 Å². The maximum absolute atomic E-state index is 10.7. The summed E-state index contributed by atoms with van der Waals surface area (Å²) in [6.07, 6.45) is 1.42. The highest BCUT2D eigenvalue weighted by Crippen LogP contribution is 2.26. The van der Waals surface area contributed by atoms with Crippen LogP contribution >= 0.6 is 0 Å². The molecule has 6 nitrogen and oxygen atoms in total. The third-order valence-electron chi connectivity index (χ3n) is 2.12. The molecule has 16 heavy (non-hydrogen) atoms. The first-order chi connectivity index (χ1) is 7.65. The zero-order valence-corrected chi connectivity index (χ0v) is 8.85. The van der Waals surface area contributed by atoms with E-state index in [9.17, 15) is 10.1 Å². The number of benzene rings is 1. The van der Waals surface area contributed by atoms with Crippen molar-refractivity contribution in [1.29, 1.82) is 0 Å². The second-order valence-corrected chi connectivity index (χ2v) is 3.39. The van der Waals surface area contributed by atoms with Gasteiger partial charge in [-0.3, -0.25) is 10.1 Å². The van der Waals surface area contributed by atoms with Gasteiger partial charge in [-0.1, -0.05) is 0 Å². The summed E-state index contributed by atoms with van der Waals surface area (Å²) in [6.45, 7) is 0.700. The minimum Gasteiger partial charge on any atom is -0.399 e. The molecule has 4 N–H and O–H groups in total. The van der Waals surface area contributed by atoms with Crippen molar-refractivity contribution in [2.75, 3.05) is 24.2 Å². The lowest BCUT2D eigenvalue weighted by Gasteiger charge is -2.07. The van der Waals surface area contributed by atoms with E-state index in [2.05, 4.69) is 5.32 Å². The molecule has 88 valence electrons. The molecule has 0 heterocycles. The summed E-state index contributed by atoms with van der Waals surface area (Å²) in [5, 5.41) is 22.2. The predicted molar refractivity (Wildman–Crippen MR) is 62.3 cm³/mol. The smallest absolute Gasteiger partial charge is 0.292 e. The molecule has 0 aliphatic rings. The highest BCUT2D eigenvalue weighted by atomic mass is 16.6. The van der Waals surface area contributed by atoms with Crippen LogP contribution in [0.15, 0.2) is 18.2 Å². The SMILES string of the molecule is Nc1ccc([N+](=O)[O-])c(NCCCCO)c1. The average molecular weight is 225 g/mol. The van der Waals surface area contributed by atoms with Gasteiger partial charge in [0.25, 0.3) is 5.69 Å². The third kappa shape index (κ3) is 3.39. The fraction of sp³-hybridized carbons (Fsp3) is 0.400. The molecule has 0 spiro atoms. The van der Waals surface area contributed by atoms with E-state index in [1.54, 1.807) is 0 Å². The molecule has 0 fully saturated rings. The van der Waals surface area contributed by atoms with Gasteiger partial charge in [0, 0.05) is 24.9 Å². The van der Waals surface area contributed by atoms with Crippen LogP contribution in [0.1, 0.15) is 12.8 Å². The van der Waals surface area contributed by atoms with Gasteiger partial charge in [0.05, 0.1) is 4.92 Å². The number of rotatable bonds is 6. The molecule has 0 aromatic heterocycles. The van der Waals surface area contributed by atoms with Gasteiger partial charge in [-0.05, 0) is 25.0 Å². The molecule has 0 aliphatic heterocycles. The normalized spacial score (nSPS) is 10.1. The number of hydrogen-bond acceptors (Lipinski definition) is 5. The van der Waals surface area contributed by atoms with Gasteiger partial charge < -0.3 is 16.2 Å². The quantitative estimate of drug-likeness (QED) is 0.293. The Labute approximate surface area is 93.2 Å². The van der Waals surface area contributed by atoms with Crippen LogP contribution in [0.3, 0.4) is 0 Å². The van der Waals surface area contributed by atoms with Crippen molar-refractivity contribution in [3.8, 4) is 0 Å². The van der Waals surface area contributed by atoms with Crippen LogP contribution < -0.4 is 11.1 Å². The number of nitrogen functional groups attached to an aromatic ring is 1. The maximum Gasteiger partial charge on any atom is 0.292 e. The molecule has 1 aromatic rings. The summed E-state index contributed by atoms with van der Waals surface area (Å²) in [5.41, 5.74) is 6.47. The summed E-state index contributed by atoms with van der Waals surface area (Å²) in [4.78, 5) is 10.3. The van der Waals surface area contributed by atoms with E-state index in [0.29, 0.717) is 24.3 Å². The van der Waals surface area contributed by atoms with Gasteiger partial charge in [-0.25, -0.2) is 0 Å². The second-order valence-electron chi connectivity index (χ2n) is 3.39. The minimum atomic E-state index is -0.451. The number of aliphatic hydroxyl groups excluding tert-OH is 1. The van der Waals surface area contributed by atoms with Gasteiger partial charge in [0.15, 0.2) is 0 Å².